The highest BCUT2D eigenvalue weighted by atomic mass is 79.9. The summed E-state index contributed by atoms with van der Waals surface area (Å²) in [6, 6.07) is 5.74. The van der Waals surface area contributed by atoms with Crippen molar-refractivity contribution in [2.75, 3.05) is 13.6 Å². The van der Waals surface area contributed by atoms with E-state index in [0.29, 0.717) is 5.75 Å². The quantitative estimate of drug-likeness (QED) is 0.897. The van der Waals surface area contributed by atoms with Crippen molar-refractivity contribution in [1.29, 1.82) is 0 Å². The van der Waals surface area contributed by atoms with Crippen LogP contribution in [0.25, 0.3) is 0 Å². The van der Waals surface area contributed by atoms with Gasteiger partial charge in [0.2, 0.25) is 0 Å². The third kappa shape index (κ3) is 3.00. The number of hydrogen-bond donors (Lipinski definition) is 1. The van der Waals surface area contributed by atoms with Gasteiger partial charge < -0.3 is 10.0 Å². The van der Waals surface area contributed by atoms with Gasteiger partial charge in [-0.1, -0.05) is 19.1 Å². The third-order valence-corrected chi connectivity index (χ3v) is 2.76. The van der Waals surface area contributed by atoms with Crippen molar-refractivity contribution >= 4 is 15.9 Å². The second-order valence-electron chi connectivity index (χ2n) is 3.49. The summed E-state index contributed by atoms with van der Waals surface area (Å²) in [7, 11) is 2.06. The van der Waals surface area contributed by atoms with E-state index in [1.54, 1.807) is 0 Å². The molecular weight excluding hydrogens is 242 g/mol. The van der Waals surface area contributed by atoms with Crippen LogP contribution in [-0.4, -0.2) is 23.6 Å². The first-order chi connectivity index (χ1) is 6.65. The van der Waals surface area contributed by atoms with Gasteiger partial charge in [0.1, 0.15) is 5.75 Å². The highest BCUT2D eigenvalue weighted by Gasteiger charge is 2.06. The second-order valence-corrected chi connectivity index (χ2v) is 4.34. The maximum Gasteiger partial charge on any atom is 0.134 e. The first-order valence-corrected chi connectivity index (χ1v) is 5.59. The van der Waals surface area contributed by atoms with E-state index in [0.717, 1.165) is 29.5 Å². The molecule has 14 heavy (non-hydrogen) atoms. The van der Waals surface area contributed by atoms with Crippen molar-refractivity contribution in [2.24, 2.45) is 0 Å². The lowest BCUT2D eigenvalue weighted by Crippen LogP contribution is -2.18. The Hall–Kier alpha value is -0.540. The molecular formula is C11H16BrNO. The molecule has 1 aromatic carbocycles. The Morgan fingerprint density at radius 1 is 1.43 bits per heavy atom. The number of para-hydroxylation sites is 1. The SMILES string of the molecule is CCCN(C)Cc1cccc(Br)c1O. The maximum atomic E-state index is 9.74. The molecule has 0 unspecified atom stereocenters. The summed E-state index contributed by atoms with van der Waals surface area (Å²) in [5, 5.41) is 9.74. The molecule has 0 aliphatic carbocycles. The van der Waals surface area contributed by atoms with Crippen LogP contribution in [-0.2, 0) is 6.54 Å². The summed E-state index contributed by atoms with van der Waals surface area (Å²) in [6.45, 7) is 3.99. The van der Waals surface area contributed by atoms with Crippen LogP contribution in [0.15, 0.2) is 22.7 Å². The van der Waals surface area contributed by atoms with E-state index in [1.165, 1.54) is 0 Å². The molecule has 1 aromatic rings. The average Bonchev–Trinajstić information content (AvgIpc) is 2.13. The molecule has 0 saturated heterocycles. The Labute approximate surface area is 93.7 Å². The molecule has 3 heteroatoms. The molecule has 0 heterocycles. The lowest BCUT2D eigenvalue weighted by Gasteiger charge is -2.16. The molecule has 2 nitrogen and oxygen atoms in total. The predicted molar refractivity (Wildman–Crippen MR) is 62.4 cm³/mol. The van der Waals surface area contributed by atoms with Crippen molar-refractivity contribution < 1.29 is 5.11 Å². The van der Waals surface area contributed by atoms with Gasteiger partial charge in [0.05, 0.1) is 4.47 Å². The predicted octanol–water partition coefficient (Wildman–Crippen LogP) is 3.00. The Bertz CT molecular complexity index is 301. The first kappa shape index (κ1) is 11.5. The number of phenolic OH excluding ortho intramolecular Hbond substituents is 1. The molecule has 0 aromatic heterocycles. The molecule has 78 valence electrons. The van der Waals surface area contributed by atoms with Gasteiger partial charge in [0, 0.05) is 12.1 Å². The first-order valence-electron chi connectivity index (χ1n) is 4.80. The zero-order valence-corrected chi connectivity index (χ0v) is 10.2. The minimum absolute atomic E-state index is 0.357. The summed E-state index contributed by atoms with van der Waals surface area (Å²) >= 11 is 3.31. The van der Waals surface area contributed by atoms with E-state index in [-0.39, 0.29) is 0 Å². The number of hydrogen-bond acceptors (Lipinski definition) is 2. The van der Waals surface area contributed by atoms with E-state index < -0.39 is 0 Å². The van der Waals surface area contributed by atoms with E-state index in [2.05, 4.69) is 34.8 Å². The number of phenols is 1. The van der Waals surface area contributed by atoms with Crippen molar-refractivity contribution in [3.63, 3.8) is 0 Å². The minimum atomic E-state index is 0.357. The minimum Gasteiger partial charge on any atom is -0.506 e. The molecule has 0 radical (unpaired) electrons. The average molecular weight is 258 g/mol. The maximum absolute atomic E-state index is 9.74. The van der Waals surface area contributed by atoms with E-state index in [4.69, 9.17) is 0 Å². The van der Waals surface area contributed by atoms with Crippen LogP contribution in [0.4, 0.5) is 0 Å². The smallest absolute Gasteiger partial charge is 0.134 e. The van der Waals surface area contributed by atoms with Gasteiger partial charge in [-0.05, 0) is 42.0 Å². The van der Waals surface area contributed by atoms with E-state index in [1.807, 2.05) is 18.2 Å². The summed E-state index contributed by atoms with van der Waals surface area (Å²) in [5.74, 6) is 0.357. The molecule has 0 aliphatic rings. The number of aromatic hydroxyl groups is 1. The second kappa shape index (κ2) is 5.37. The Morgan fingerprint density at radius 3 is 2.79 bits per heavy atom. The lowest BCUT2D eigenvalue weighted by molar-refractivity contribution is 0.320. The number of rotatable bonds is 4. The van der Waals surface area contributed by atoms with Gasteiger partial charge in [0.15, 0.2) is 0 Å². The van der Waals surface area contributed by atoms with Gasteiger partial charge >= 0.3 is 0 Å². The van der Waals surface area contributed by atoms with Crippen LogP contribution in [0.1, 0.15) is 18.9 Å². The van der Waals surface area contributed by atoms with Crippen LogP contribution in [0.5, 0.6) is 5.75 Å². The fraction of sp³-hybridized carbons (Fsp3) is 0.455. The fourth-order valence-corrected chi connectivity index (χ4v) is 1.85. The highest BCUT2D eigenvalue weighted by Crippen LogP contribution is 2.27. The van der Waals surface area contributed by atoms with Crippen molar-refractivity contribution in [3.8, 4) is 5.75 Å². The number of nitrogens with zero attached hydrogens (tertiary/aromatic N) is 1. The van der Waals surface area contributed by atoms with Gasteiger partial charge in [-0.15, -0.1) is 0 Å². The Morgan fingerprint density at radius 2 is 2.14 bits per heavy atom. The topological polar surface area (TPSA) is 23.5 Å². The van der Waals surface area contributed by atoms with Gasteiger partial charge in [-0.25, -0.2) is 0 Å². The highest BCUT2D eigenvalue weighted by molar-refractivity contribution is 9.10. The Kier molecular flexibility index (Phi) is 4.42. The van der Waals surface area contributed by atoms with Crippen LogP contribution < -0.4 is 0 Å². The number of halogens is 1. The molecule has 0 amide bonds. The van der Waals surface area contributed by atoms with Crippen molar-refractivity contribution in [3.05, 3.63) is 28.2 Å². The normalized spacial score (nSPS) is 10.9. The monoisotopic (exact) mass is 257 g/mol. The van der Waals surface area contributed by atoms with Crippen molar-refractivity contribution in [2.45, 2.75) is 19.9 Å². The molecule has 1 rings (SSSR count). The number of benzene rings is 1. The van der Waals surface area contributed by atoms with Crippen LogP contribution >= 0.6 is 15.9 Å². The molecule has 0 spiro atoms. The third-order valence-electron chi connectivity index (χ3n) is 2.12. The van der Waals surface area contributed by atoms with Gasteiger partial charge in [-0.2, -0.15) is 0 Å². The van der Waals surface area contributed by atoms with Crippen LogP contribution in [0.2, 0.25) is 0 Å². The molecule has 0 atom stereocenters. The summed E-state index contributed by atoms with van der Waals surface area (Å²) in [6.07, 6.45) is 1.13. The lowest BCUT2D eigenvalue weighted by atomic mass is 10.2. The molecule has 0 fully saturated rings. The summed E-state index contributed by atoms with van der Waals surface area (Å²) in [4.78, 5) is 2.20. The fourth-order valence-electron chi connectivity index (χ4n) is 1.44. The largest absolute Gasteiger partial charge is 0.506 e. The summed E-state index contributed by atoms with van der Waals surface area (Å²) < 4.78 is 0.764. The zero-order valence-electron chi connectivity index (χ0n) is 8.63. The molecule has 1 N–H and O–H groups in total. The standard InChI is InChI=1S/C11H16BrNO/c1-3-7-13(2)8-9-5-4-6-10(12)11(9)14/h4-6,14H,3,7-8H2,1-2H3. The summed E-state index contributed by atoms with van der Waals surface area (Å²) in [5.41, 5.74) is 0.968. The van der Waals surface area contributed by atoms with Gasteiger partial charge in [0.25, 0.3) is 0 Å². The van der Waals surface area contributed by atoms with Gasteiger partial charge in [-0.3, -0.25) is 0 Å². The van der Waals surface area contributed by atoms with Crippen molar-refractivity contribution in [1.82, 2.24) is 4.90 Å². The molecule has 0 aliphatic heterocycles. The molecule has 0 saturated carbocycles. The molecule has 0 bridgehead atoms. The van der Waals surface area contributed by atoms with E-state index >= 15 is 0 Å². The van der Waals surface area contributed by atoms with E-state index in [9.17, 15) is 5.11 Å². The zero-order chi connectivity index (χ0) is 10.6. The van der Waals surface area contributed by atoms with Crippen LogP contribution in [0, 0.1) is 0 Å². The van der Waals surface area contributed by atoms with Crippen LogP contribution in [0.3, 0.4) is 0 Å². The Balaban J connectivity index is 2.71.